The van der Waals surface area contributed by atoms with Crippen LogP contribution in [-0.4, -0.2) is 57.9 Å². The number of nitrogens with one attached hydrogen (secondary N) is 2. The zero-order valence-corrected chi connectivity index (χ0v) is 19.8. The molecule has 33 heavy (non-hydrogen) atoms. The fraction of sp³-hybridized carbons (Fsp3) is 0.385. The van der Waals surface area contributed by atoms with Crippen LogP contribution in [0.5, 0.6) is 0 Å². The highest BCUT2D eigenvalue weighted by Gasteiger charge is 2.32. The van der Waals surface area contributed by atoms with Crippen molar-refractivity contribution in [1.29, 1.82) is 0 Å². The summed E-state index contributed by atoms with van der Waals surface area (Å²) in [6, 6.07) is 12.8. The van der Waals surface area contributed by atoms with Crippen molar-refractivity contribution < 1.29 is 4.79 Å². The van der Waals surface area contributed by atoms with E-state index in [2.05, 4.69) is 56.3 Å². The fourth-order valence-electron chi connectivity index (χ4n) is 5.35. The number of benzene rings is 1. The number of likely N-dealkylation sites (tertiary alicyclic amines) is 2. The fourth-order valence-corrected chi connectivity index (χ4v) is 6.39. The van der Waals surface area contributed by atoms with Crippen LogP contribution < -0.4 is 5.32 Å². The minimum absolute atomic E-state index is 0.162. The van der Waals surface area contributed by atoms with Crippen molar-refractivity contribution >= 4 is 49.7 Å². The number of carbonyl (C=O) groups is 1. The lowest BCUT2D eigenvalue weighted by Crippen LogP contribution is -2.42. The molecule has 170 valence electrons. The van der Waals surface area contributed by atoms with Crippen LogP contribution in [-0.2, 0) is 0 Å². The van der Waals surface area contributed by atoms with E-state index in [1.807, 2.05) is 18.3 Å². The molecule has 4 aromatic rings. The summed E-state index contributed by atoms with van der Waals surface area (Å²) in [4.78, 5) is 26.8. The van der Waals surface area contributed by atoms with Gasteiger partial charge < -0.3 is 20.1 Å². The second kappa shape index (κ2) is 8.47. The number of rotatable bonds is 5. The molecule has 6 nitrogen and oxygen atoms in total. The standard InChI is InChI=1S/C26H29N5OS/c1-17-13-18-14-19(6-7-21(18)28-17)29-22-8-9-27-23-15-24(33-25(22)23)26(32)31-12-4-5-20(31)16-30-10-2-3-11-30/h6-9,13-15,20,28H,2-5,10-12,16H2,1H3,(H,27,29)/t20-/m0/s1. The third kappa shape index (κ3) is 4.00. The van der Waals surface area contributed by atoms with E-state index in [0.29, 0.717) is 6.04 Å². The van der Waals surface area contributed by atoms with E-state index < -0.39 is 0 Å². The third-order valence-corrected chi connectivity index (χ3v) is 8.11. The first-order valence-electron chi connectivity index (χ1n) is 11.9. The maximum absolute atomic E-state index is 13.5. The largest absolute Gasteiger partial charge is 0.359 e. The van der Waals surface area contributed by atoms with Gasteiger partial charge in [-0.05, 0) is 82.1 Å². The molecule has 0 bridgehead atoms. The molecule has 2 aliphatic heterocycles. The first-order valence-corrected chi connectivity index (χ1v) is 12.7. The molecule has 1 amide bonds. The second-order valence-electron chi connectivity index (χ2n) is 9.37. The number of aromatic amines is 1. The van der Waals surface area contributed by atoms with Gasteiger partial charge in [0.2, 0.25) is 0 Å². The molecule has 0 spiro atoms. The normalized spacial score (nSPS) is 19.2. The Morgan fingerprint density at radius 1 is 1.15 bits per heavy atom. The predicted molar refractivity (Wildman–Crippen MR) is 136 cm³/mol. The summed E-state index contributed by atoms with van der Waals surface area (Å²) in [5, 5.41) is 4.74. The summed E-state index contributed by atoms with van der Waals surface area (Å²) in [5.74, 6) is 0.162. The SMILES string of the molecule is Cc1cc2cc(Nc3ccnc4cc(C(=O)N5CCC[C@H]5CN5CCCC5)sc34)ccc2[nH]1. The molecule has 0 radical (unpaired) electrons. The van der Waals surface area contributed by atoms with Gasteiger partial charge in [-0.3, -0.25) is 9.78 Å². The number of hydrogen-bond donors (Lipinski definition) is 2. The molecule has 0 aliphatic carbocycles. The number of nitrogens with zero attached hydrogens (tertiary/aromatic N) is 3. The number of thiophene rings is 1. The third-order valence-electron chi connectivity index (χ3n) is 6.96. The van der Waals surface area contributed by atoms with Crippen LogP contribution in [0.15, 0.2) is 42.6 Å². The van der Waals surface area contributed by atoms with Gasteiger partial charge in [0, 0.05) is 47.6 Å². The van der Waals surface area contributed by atoms with Gasteiger partial charge in [0.05, 0.1) is 20.8 Å². The Morgan fingerprint density at radius 2 is 2.03 bits per heavy atom. The Kier molecular flexibility index (Phi) is 5.31. The van der Waals surface area contributed by atoms with E-state index in [1.165, 1.54) is 31.3 Å². The van der Waals surface area contributed by atoms with E-state index in [0.717, 1.165) is 63.6 Å². The van der Waals surface area contributed by atoms with Crippen LogP contribution in [0.25, 0.3) is 21.1 Å². The molecule has 2 saturated heterocycles. The minimum Gasteiger partial charge on any atom is -0.359 e. The van der Waals surface area contributed by atoms with E-state index in [1.54, 1.807) is 11.3 Å². The molecular formula is C26H29N5OS. The van der Waals surface area contributed by atoms with Gasteiger partial charge >= 0.3 is 0 Å². The molecule has 0 saturated carbocycles. The van der Waals surface area contributed by atoms with Crippen molar-refractivity contribution in [1.82, 2.24) is 19.8 Å². The highest BCUT2D eigenvalue weighted by molar-refractivity contribution is 7.21. The quantitative estimate of drug-likeness (QED) is 0.412. The zero-order chi connectivity index (χ0) is 22.4. The van der Waals surface area contributed by atoms with E-state index in [9.17, 15) is 4.79 Å². The molecule has 2 aliphatic rings. The predicted octanol–water partition coefficient (Wildman–Crippen LogP) is 5.53. The van der Waals surface area contributed by atoms with E-state index >= 15 is 0 Å². The maximum Gasteiger partial charge on any atom is 0.264 e. The average Bonchev–Trinajstić information content (AvgIpc) is 3.60. The van der Waals surface area contributed by atoms with Gasteiger partial charge in [0.25, 0.3) is 5.91 Å². The minimum atomic E-state index is 0.162. The van der Waals surface area contributed by atoms with Crippen LogP contribution in [0.4, 0.5) is 11.4 Å². The lowest BCUT2D eigenvalue weighted by molar-refractivity contribution is 0.0713. The van der Waals surface area contributed by atoms with Crippen molar-refractivity contribution in [2.75, 3.05) is 31.5 Å². The molecule has 2 fully saturated rings. The lowest BCUT2D eigenvalue weighted by Gasteiger charge is -2.28. The first-order chi connectivity index (χ1) is 16.1. The van der Waals surface area contributed by atoms with Gasteiger partial charge in [-0.1, -0.05) is 0 Å². The monoisotopic (exact) mass is 459 g/mol. The number of amides is 1. The Hall–Kier alpha value is -2.90. The highest BCUT2D eigenvalue weighted by atomic mass is 32.1. The van der Waals surface area contributed by atoms with E-state index in [4.69, 9.17) is 0 Å². The van der Waals surface area contributed by atoms with Crippen LogP contribution in [0.3, 0.4) is 0 Å². The molecule has 1 aromatic carbocycles. The molecule has 1 atom stereocenters. The molecule has 7 heteroatoms. The number of H-pyrrole nitrogens is 1. The number of aryl methyl sites for hydroxylation is 1. The Morgan fingerprint density at radius 3 is 2.91 bits per heavy atom. The lowest BCUT2D eigenvalue weighted by atomic mass is 10.2. The van der Waals surface area contributed by atoms with Crippen LogP contribution in [0.1, 0.15) is 41.0 Å². The van der Waals surface area contributed by atoms with Crippen LogP contribution >= 0.6 is 11.3 Å². The van der Waals surface area contributed by atoms with Crippen molar-refractivity contribution in [2.24, 2.45) is 0 Å². The summed E-state index contributed by atoms with van der Waals surface area (Å²) in [5.41, 5.74) is 5.18. The smallest absolute Gasteiger partial charge is 0.264 e. The number of pyridine rings is 1. The first kappa shape index (κ1) is 20.7. The summed E-state index contributed by atoms with van der Waals surface area (Å²) in [6.45, 7) is 6.30. The molecule has 2 N–H and O–H groups in total. The molecule has 5 heterocycles. The van der Waals surface area contributed by atoms with Gasteiger partial charge in [0.15, 0.2) is 0 Å². The van der Waals surface area contributed by atoms with Crippen LogP contribution in [0, 0.1) is 6.92 Å². The van der Waals surface area contributed by atoms with Crippen LogP contribution in [0.2, 0.25) is 0 Å². The maximum atomic E-state index is 13.5. The van der Waals surface area contributed by atoms with E-state index in [-0.39, 0.29) is 5.91 Å². The summed E-state index contributed by atoms with van der Waals surface area (Å²) >= 11 is 1.55. The number of hydrogen-bond acceptors (Lipinski definition) is 5. The average molecular weight is 460 g/mol. The second-order valence-corrected chi connectivity index (χ2v) is 10.4. The van der Waals surface area contributed by atoms with Crippen molar-refractivity contribution in [3.8, 4) is 0 Å². The molecule has 3 aromatic heterocycles. The molecule has 0 unspecified atom stereocenters. The van der Waals surface area contributed by atoms with Crippen molar-refractivity contribution in [3.05, 3.63) is 53.2 Å². The summed E-state index contributed by atoms with van der Waals surface area (Å²) in [6.07, 6.45) is 6.60. The number of aromatic nitrogens is 2. The topological polar surface area (TPSA) is 64.3 Å². The Balaban J connectivity index is 1.25. The van der Waals surface area contributed by atoms with Crippen molar-refractivity contribution in [2.45, 2.75) is 38.6 Å². The summed E-state index contributed by atoms with van der Waals surface area (Å²) in [7, 11) is 0. The highest BCUT2D eigenvalue weighted by Crippen LogP contribution is 2.35. The van der Waals surface area contributed by atoms with Gasteiger partial charge in [-0.2, -0.15) is 0 Å². The number of anilines is 2. The Labute approximate surface area is 197 Å². The van der Waals surface area contributed by atoms with Gasteiger partial charge in [0.1, 0.15) is 0 Å². The molecular weight excluding hydrogens is 430 g/mol. The van der Waals surface area contributed by atoms with Gasteiger partial charge in [-0.25, -0.2) is 0 Å². The zero-order valence-electron chi connectivity index (χ0n) is 18.9. The molecule has 6 rings (SSSR count). The number of carbonyl (C=O) groups excluding carboxylic acids is 1. The Bertz CT molecular complexity index is 1320. The summed E-state index contributed by atoms with van der Waals surface area (Å²) < 4.78 is 1.03. The number of fused-ring (bicyclic) bond motifs is 2. The van der Waals surface area contributed by atoms with Gasteiger partial charge in [-0.15, -0.1) is 11.3 Å². The van der Waals surface area contributed by atoms with Crippen molar-refractivity contribution in [3.63, 3.8) is 0 Å².